The monoisotopic (exact) mass is 569 g/mol. The fourth-order valence-electron chi connectivity index (χ4n) is 5.62. The number of hydrogen-bond acceptors (Lipinski definition) is 5. The van der Waals surface area contributed by atoms with E-state index in [1.165, 1.54) is 18.2 Å². The molecule has 0 aromatic heterocycles. The molecule has 0 bridgehead atoms. The second-order valence-corrected chi connectivity index (χ2v) is 9.98. The number of para-hydroxylation sites is 1. The summed E-state index contributed by atoms with van der Waals surface area (Å²) in [6.07, 6.45) is -6.08. The molecule has 10 heteroatoms. The van der Waals surface area contributed by atoms with E-state index in [4.69, 9.17) is 4.74 Å². The van der Waals surface area contributed by atoms with Crippen LogP contribution in [-0.4, -0.2) is 29.0 Å². The van der Waals surface area contributed by atoms with Gasteiger partial charge in [0.15, 0.2) is 0 Å². The molecule has 2 fully saturated rings. The van der Waals surface area contributed by atoms with E-state index in [0.29, 0.717) is 14.9 Å². The number of Topliss-reactive ketones (excluding diaryl/α,β-unsaturated/α-hetero) is 2. The van der Waals surface area contributed by atoms with Crippen molar-refractivity contribution < 1.29 is 37.1 Å². The number of anilines is 1. The Morgan fingerprint density at radius 2 is 1.35 bits per heavy atom. The first-order valence-corrected chi connectivity index (χ1v) is 12.0. The molecule has 2 amide bonds. The molecular weight excluding hydrogens is 555 g/mol. The minimum Gasteiger partial charge on any atom is -0.349 e. The smallest absolute Gasteiger partial charge is 0.349 e. The zero-order chi connectivity index (χ0) is 26.3. The van der Waals surface area contributed by atoms with Crippen molar-refractivity contribution in [1.29, 1.82) is 0 Å². The second-order valence-electron chi connectivity index (χ2n) is 9.06. The van der Waals surface area contributed by atoms with Crippen molar-refractivity contribution in [3.63, 3.8) is 0 Å². The zero-order valence-corrected chi connectivity index (χ0v) is 20.2. The Hall–Kier alpha value is -3.63. The number of fused-ring (bicyclic) bond motifs is 3. The molecule has 3 atom stereocenters. The predicted molar refractivity (Wildman–Crippen MR) is 127 cm³/mol. The fraction of sp³-hybridized carbons (Fsp3) is 0.185. The number of benzene rings is 3. The molecule has 3 aromatic carbocycles. The number of carbonyl (C=O) groups is 4. The third-order valence-corrected chi connectivity index (χ3v) is 7.70. The Bertz CT molecular complexity index is 1480. The summed E-state index contributed by atoms with van der Waals surface area (Å²) in [5.41, 5.74) is -3.72. The first-order valence-electron chi connectivity index (χ1n) is 11.2. The van der Waals surface area contributed by atoms with E-state index in [-0.39, 0.29) is 11.1 Å². The minimum atomic E-state index is -4.86. The van der Waals surface area contributed by atoms with E-state index in [1.807, 2.05) is 0 Å². The molecule has 3 aliphatic rings. The maximum absolute atomic E-state index is 13.9. The summed E-state index contributed by atoms with van der Waals surface area (Å²) in [5, 5.41) is 0. The lowest BCUT2D eigenvalue weighted by molar-refractivity contribution is -0.137. The highest BCUT2D eigenvalue weighted by molar-refractivity contribution is 9.10. The van der Waals surface area contributed by atoms with Crippen LogP contribution < -0.4 is 4.90 Å². The summed E-state index contributed by atoms with van der Waals surface area (Å²) in [5.74, 6) is -6.64. The van der Waals surface area contributed by atoms with Crippen molar-refractivity contribution in [3.05, 3.63) is 99.5 Å². The van der Waals surface area contributed by atoms with Gasteiger partial charge in [-0.2, -0.15) is 13.2 Å². The lowest BCUT2D eigenvalue weighted by atomic mass is 9.77. The number of carbonyl (C=O) groups excluding carboxylic acids is 4. The quantitative estimate of drug-likeness (QED) is 0.314. The summed E-state index contributed by atoms with van der Waals surface area (Å²) in [6.45, 7) is 0. The summed E-state index contributed by atoms with van der Waals surface area (Å²) in [4.78, 5) is 55.5. The van der Waals surface area contributed by atoms with Gasteiger partial charge in [0.25, 0.3) is 0 Å². The van der Waals surface area contributed by atoms with Crippen molar-refractivity contribution in [2.24, 2.45) is 11.8 Å². The summed E-state index contributed by atoms with van der Waals surface area (Å²) >= 11 is 3.31. The number of rotatable bonds is 2. The van der Waals surface area contributed by atoms with Gasteiger partial charge in [-0.15, -0.1) is 0 Å². The lowest BCUT2D eigenvalue weighted by Crippen LogP contribution is -2.51. The largest absolute Gasteiger partial charge is 0.418 e. The molecule has 0 N–H and O–H groups in total. The minimum absolute atomic E-state index is 0.0390. The van der Waals surface area contributed by atoms with Gasteiger partial charge in [0, 0.05) is 15.6 Å². The molecule has 0 radical (unpaired) electrons. The van der Waals surface area contributed by atoms with Crippen LogP contribution in [0, 0.1) is 11.8 Å². The molecule has 1 spiro atoms. The molecule has 2 aliphatic heterocycles. The van der Waals surface area contributed by atoms with E-state index in [1.54, 1.807) is 36.4 Å². The maximum Gasteiger partial charge on any atom is 0.418 e. The maximum atomic E-state index is 13.9. The molecule has 0 saturated carbocycles. The third kappa shape index (κ3) is 3.15. The molecule has 6 nitrogen and oxygen atoms in total. The molecule has 1 aliphatic carbocycles. The van der Waals surface area contributed by atoms with Gasteiger partial charge in [-0.1, -0.05) is 64.5 Å². The van der Waals surface area contributed by atoms with Crippen LogP contribution in [0.3, 0.4) is 0 Å². The standard InChI is InChI=1S/C27H15BrF3NO5/c28-14-11-9-13(10-12-14)21-19-20(26(37-21)22(33)15-5-1-2-6-16(15)23(26)34)25(36)32(24(19)35)18-8-4-3-7-17(18)27(29,30)31/h1-12,19-21H/t19-,20-,21+/m1/s1. The Labute approximate surface area is 216 Å². The van der Waals surface area contributed by atoms with Crippen LogP contribution >= 0.6 is 15.9 Å². The van der Waals surface area contributed by atoms with Crippen LogP contribution in [0.1, 0.15) is 37.9 Å². The van der Waals surface area contributed by atoms with Crippen LogP contribution in [0.25, 0.3) is 0 Å². The Kier molecular flexibility index (Phi) is 5.09. The molecule has 6 rings (SSSR count). The highest BCUT2D eigenvalue weighted by Gasteiger charge is 2.75. The molecule has 2 heterocycles. The Morgan fingerprint density at radius 3 is 1.95 bits per heavy atom. The molecular formula is C27H15BrF3NO5. The first-order chi connectivity index (χ1) is 17.6. The average Bonchev–Trinajstić information content (AvgIpc) is 3.44. The Morgan fingerprint density at radius 1 is 0.784 bits per heavy atom. The molecule has 0 unspecified atom stereocenters. The average molecular weight is 570 g/mol. The van der Waals surface area contributed by atoms with E-state index < -0.39 is 64.3 Å². The normalized spacial score (nSPS) is 24.2. The lowest BCUT2D eigenvalue weighted by Gasteiger charge is -2.28. The van der Waals surface area contributed by atoms with E-state index >= 15 is 0 Å². The van der Waals surface area contributed by atoms with Crippen molar-refractivity contribution in [2.45, 2.75) is 17.9 Å². The van der Waals surface area contributed by atoms with Gasteiger partial charge in [-0.25, -0.2) is 4.90 Å². The van der Waals surface area contributed by atoms with Gasteiger partial charge < -0.3 is 4.74 Å². The summed E-state index contributed by atoms with van der Waals surface area (Å²) in [7, 11) is 0. The van der Waals surface area contributed by atoms with Gasteiger partial charge in [-0.05, 0) is 29.8 Å². The number of ether oxygens (including phenoxy) is 1. The number of imide groups is 1. The topological polar surface area (TPSA) is 80.8 Å². The highest BCUT2D eigenvalue weighted by atomic mass is 79.9. The number of alkyl halides is 3. The summed E-state index contributed by atoms with van der Waals surface area (Å²) < 4.78 is 48.3. The molecule has 37 heavy (non-hydrogen) atoms. The predicted octanol–water partition coefficient (Wildman–Crippen LogP) is 5.16. The molecule has 186 valence electrons. The van der Waals surface area contributed by atoms with Crippen LogP contribution in [0.4, 0.5) is 18.9 Å². The molecule has 3 aromatic rings. The van der Waals surface area contributed by atoms with Crippen LogP contribution in [0.5, 0.6) is 0 Å². The van der Waals surface area contributed by atoms with E-state index in [0.717, 1.165) is 18.2 Å². The van der Waals surface area contributed by atoms with Gasteiger partial charge in [-0.3, -0.25) is 19.2 Å². The van der Waals surface area contributed by atoms with Gasteiger partial charge in [0.05, 0.1) is 29.2 Å². The van der Waals surface area contributed by atoms with Crippen molar-refractivity contribution in [3.8, 4) is 0 Å². The SMILES string of the molecule is O=C1[C@H]2[C@H](c3ccc(Br)cc3)OC3(C(=O)c4ccccc4C3=O)[C@H]2C(=O)N1c1ccccc1C(F)(F)F. The van der Waals surface area contributed by atoms with Gasteiger partial charge >= 0.3 is 6.18 Å². The highest BCUT2D eigenvalue weighted by Crippen LogP contribution is 2.58. The van der Waals surface area contributed by atoms with Crippen LogP contribution in [-0.2, 0) is 20.5 Å². The Balaban J connectivity index is 1.56. The number of halogens is 4. The van der Waals surface area contributed by atoms with E-state index in [2.05, 4.69) is 15.9 Å². The van der Waals surface area contributed by atoms with Crippen molar-refractivity contribution in [1.82, 2.24) is 0 Å². The molecule has 2 saturated heterocycles. The van der Waals surface area contributed by atoms with Crippen molar-refractivity contribution in [2.75, 3.05) is 4.90 Å². The van der Waals surface area contributed by atoms with Gasteiger partial charge in [0.2, 0.25) is 29.0 Å². The van der Waals surface area contributed by atoms with Crippen LogP contribution in [0.15, 0.2) is 77.3 Å². The number of amides is 2. The number of hydrogen-bond donors (Lipinski definition) is 0. The number of nitrogens with zero attached hydrogens (tertiary/aromatic N) is 1. The van der Waals surface area contributed by atoms with Crippen LogP contribution in [0.2, 0.25) is 0 Å². The van der Waals surface area contributed by atoms with E-state index in [9.17, 15) is 32.3 Å². The zero-order valence-electron chi connectivity index (χ0n) is 18.7. The number of ketones is 2. The fourth-order valence-corrected chi connectivity index (χ4v) is 5.88. The van der Waals surface area contributed by atoms with Crippen molar-refractivity contribution >= 4 is 45.0 Å². The van der Waals surface area contributed by atoms with Gasteiger partial charge in [0.1, 0.15) is 0 Å². The second kappa shape index (κ2) is 7.93. The third-order valence-electron chi connectivity index (χ3n) is 7.17. The summed E-state index contributed by atoms with van der Waals surface area (Å²) in [6, 6.07) is 16.7. The first kappa shape index (κ1) is 23.7.